The van der Waals surface area contributed by atoms with Crippen molar-refractivity contribution >= 4 is 0 Å². The molecule has 0 aliphatic rings. The van der Waals surface area contributed by atoms with Crippen LogP contribution in [0.25, 0.3) is 0 Å². The van der Waals surface area contributed by atoms with Crippen molar-refractivity contribution in [2.45, 2.75) is 33.9 Å². The number of benzene rings is 1. The third-order valence-corrected chi connectivity index (χ3v) is 3.38. The van der Waals surface area contributed by atoms with Crippen LogP contribution in [-0.2, 0) is 13.1 Å². The van der Waals surface area contributed by atoms with Crippen LogP contribution in [0, 0.1) is 13.8 Å². The quantitative estimate of drug-likeness (QED) is 0.851. The molecule has 0 saturated heterocycles. The van der Waals surface area contributed by atoms with E-state index in [0.717, 1.165) is 19.6 Å². The monoisotopic (exact) mass is 242 g/mol. The van der Waals surface area contributed by atoms with E-state index in [1.807, 2.05) is 0 Å². The van der Waals surface area contributed by atoms with Crippen molar-refractivity contribution in [3.63, 3.8) is 0 Å². The number of aromatic nitrogens is 1. The van der Waals surface area contributed by atoms with E-state index >= 15 is 0 Å². The van der Waals surface area contributed by atoms with Crippen LogP contribution in [0.1, 0.15) is 29.2 Å². The van der Waals surface area contributed by atoms with Gasteiger partial charge in [-0.2, -0.15) is 0 Å². The fourth-order valence-corrected chi connectivity index (χ4v) is 2.24. The topological polar surface area (TPSA) is 17.0 Å². The van der Waals surface area contributed by atoms with E-state index < -0.39 is 0 Å². The molecule has 2 heteroatoms. The molecular formula is C16H22N2. The molecule has 0 unspecified atom stereocenters. The molecule has 1 aromatic heterocycles. The zero-order valence-electron chi connectivity index (χ0n) is 11.5. The highest BCUT2D eigenvalue weighted by molar-refractivity contribution is 5.33. The van der Waals surface area contributed by atoms with Crippen molar-refractivity contribution < 1.29 is 0 Å². The van der Waals surface area contributed by atoms with Gasteiger partial charge in [0, 0.05) is 25.5 Å². The van der Waals surface area contributed by atoms with Crippen LogP contribution >= 0.6 is 0 Å². The van der Waals surface area contributed by atoms with E-state index in [4.69, 9.17) is 0 Å². The van der Waals surface area contributed by atoms with Crippen LogP contribution in [0.4, 0.5) is 0 Å². The number of hydrogen-bond donors (Lipinski definition) is 1. The Balaban J connectivity index is 2.11. The Labute approximate surface area is 110 Å². The Morgan fingerprint density at radius 2 is 1.83 bits per heavy atom. The molecule has 0 radical (unpaired) electrons. The lowest BCUT2D eigenvalue weighted by Crippen LogP contribution is -2.11. The highest BCUT2D eigenvalue weighted by Gasteiger charge is 2.03. The van der Waals surface area contributed by atoms with Crippen molar-refractivity contribution in [1.29, 1.82) is 0 Å². The zero-order chi connectivity index (χ0) is 13.0. The zero-order valence-corrected chi connectivity index (χ0v) is 11.5. The summed E-state index contributed by atoms with van der Waals surface area (Å²) in [6, 6.07) is 8.69. The predicted octanol–water partition coefficient (Wildman–Crippen LogP) is 3.26. The molecule has 2 nitrogen and oxygen atoms in total. The molecule has 1 aromatic carbocycles. The van der Waals surface area contributed by atoms with Crippen LogP contribution in [-0.4, -0.2) is 11.1 Å². The highest BCUT2D eigenvalue weighted by Crippen LogP contribution is 2.15. The fraction of sp³-hybridized carbons (Fsp3) is 0.375. The van der Waals surface area contributed by atoms with Crippen LogP contribution in [0.5, 0.6) is 0 Å². The van der Waals surface area contributed by atoms with E-state index in [0.29, 0.717) is 0 Å². The Morgan fingerprint density at radius 3 is 2.50 bits per heavy atom. The first-order valence-corrected chi connectivity index (χ1v) is 6.61. The van der Waals surface area contributed by atoms with Crippen molar-refractivity contribution in [1.82, 2.24) is 9.88 Å². The lowest BCUT2D eigenvalue weighted by Gasteiger charge is -2.10. The van der Waals surface area contributed by atoms with E-state index in [1.165, 1.54) is 22.3 Å². The first-order valence-electron chi connectivity index (χ1n) is 6.61. The van der Waals surface area contributed by atoms with E-state index in [9.17, 15) is 0 Å². The number of rotatable bonds is 5. The summed E-state index contributed by atoms with van der Waals surface area (Å²) in [4.78, 5) is 0. The van der Waals surface area contributed by atoms with Crippen molar-refractivity contribution in [3.05, 3.63) is 58.9 Å². The summed E-state index contributed by atoms with van der Waals surface area (Å²) >= 11 is 0. The SMILES string of the molecule is CCNCc1ccn(Cc2c(C)cccc2C)c1. The third-order valence-electron chi connectivity index (χ3n) is 3.38. The average Bonchev–Trinajstić information content (AvgIpc) is 2.79. The molecule has 96 valence electrons. The maximum absolute atomic E-state index is 3.35. The molecule has 0 saturated carbocycles. The van der Waals surface area contributed by atoms with Crippen LogP contribution in [0.2, 0.25) is 0 Å². The molecule has 2 aromatic rings. The smallest absolute Gasteiger partial charge is 0.0475 e. The number of hydrogen-bond acceptors (Lipinski definition) is 1. The third kappa shape index (κ3) is 3.02. The number of nitrogens with zero attached hydrogens (tertiary/aromatic N) is 1. The Kier molecular flexibility index (Phi) is 4.21. The second-order valence-corrected chi connectivity index (χ2v) is 4.84. The summed E-state index contributed by atoms with van der Waals surface area (Å²) in [6.45, 7) is 9.44. The van der Waals surface area contributed by atoms with Crippen molar-refractivity contribution in [2.75, 3.05) is 6.54 Å². The first kappa shape index (κ1) is 12.9. The second kappa shape index (κ2) is 5.87. The van der Waals surface area contributed by atoms with Crippen molar-refractivity contribution in [2.24, 2.45) is 0 Å². The summed E-state index contributed by atoms with van der Waals surface area (Å²) in [5.41, 5.74) is 5.53. The summed E-state index contributed by atoms with van der Waals surface area (Å²) in [7, 11) is 0. The molecule has 1 heterocycles. The van der Waals surface area contributed by atoms with Gasteiger partial charge >= 0.3 is 0 Å². The predicted molar refractivity (Wildman–Crippen MR) is 76.8 cm³/mol. The summed E-state index contributed by atoms with van der Waals surface area (Å²) in [5, 5.41) is 3.35. The molecule has 0 spiro atoms. The molecule has 0 aliphatic carbocycles. The van der Waals surface area contributed by atoms with Gasteiger partial charge in [-0.05, 0) is 48.7 Å². The molecule has 0 aliphatic heterocycles. The molecule has 2 rings (SSSR count). The molecule has 1 N–H and O–H groups in total. The lowest BCUT2D eigenvalue weighted by molar-refractivity contribution is 0.720. The minimum Gasteiger partial charge on any atom is -0.350 e. The molecule has 0 bridgehead atoms. The maximum atomic E-state index is 3.35. The van der Waals surface area contributed by atoms with Gasteiger partial charge in [-0.1, -0.05) is 25.1 Å². The highest BCUT2D eigenvalue weighted by atomic mass is 14.9. The second-order valence-electron chi connectivity index (χ2n) is 4.84. The van der Waals surface area contributed by atoms with Gasteiger partial charge in [-0.25, -0.2) is 0 Å². The molecular weight excluding hydrogens is 220 g/mol. The standard InChI is InChI=1S/C16H22N2/c1-4-17-10-15-8-9-18(11-15)12-16-13(2)6-5-7-14(16)3/h5-9,11,17H,4,10,12H2,1-3H3. The summed E-state index contributed by atoms with van der Waals surface area (Å²) in [6.07, 6.45) is 4.40. The van der Waals surface area contributed by atoms with Gasteiger partial charge in [0.25, 0.3) is 0 Å². The Bertz CT molecular complexity index is 491. The van der Waals surface area contributed by atoms with Gasteiger partial charge in [0.05, 0.1) is 0 Å². The van der Waals surface area contributed by atoms with Gasteiger partial charge in [-0.3, -0.25) is 0 Å². The first-order chi connectivity index (χ1) is 8.70. The summed E-state index contributed by atoms with van der Waals surface area (Å²) in [5.74, 6) is 0. The van der Waals surface area contributed by atoms with Crippen LogP contribution in [0.15, 0.2) is 36.7 Å². The Morgan fingerprint density at radius 1 is 1.11 bits per heavy atom. The molecule has 0 fully saturated rings. The molecule has 0 atom stereocenters. The minimum absolute atomic E-state index is 0.955. The van der Waals surface area contributed by atoms with E-state index in [2.05, 4.69) is 67.3 Å². The normalized spacial score (nSPS) is 10.8. The molecule has 0 amide bonds. The van der Waals surface area contributed by atoms with Gasteiger partial charge in [0.15, 0.2) is 0 Å². The van der Waals surface area contributed by atoms with Crippen LogP contribution < -0.4 is 5.32 Å². The van der Waals surface area contributed by atoms with Crippen LogP contribution in [0.3, 0.4) is 0 Å². The lowest BCUT2D eigenvalue weighted by atomic mass is 10.0. The van der Waals surface area contributed by atoms with Gasteiger partial charge in [-0.15, -0.1) is 0 Å². The average molecular weight is 242 g/mol. The van der Waals surface area contributed by atoms with Crippen molar-refractivity contribution in [3.8, 4) is 0 Å². The fourth-order valence-electron chi connectivity index (χ4n) is 2.24. The maximum Gasteiger partial charge on any atom is 0.0475 e. The van der Waals surface area contributed by atoms with Gasteiger partial charge < -0.3 is 9.88 Å². The number of nitrogens with one attached hydrogen (secondary N) is 1. The van der Waals surface area contributed by atoms with Gasteiger partial charge in [0.2, 0.25) is 0 Å². The van der Waals surface area contributed by atoms with E-state index in [1.54, 1.807) is 0 Å². The van der Waals surface area contributed by atoms with E-state index in [-0.39, 0.29) is 0 Å². The Hall–Kier alpha value is -1.54. The number of aryl methyl sites for hydroxylation is 2. The largest absolute Gasteiger partial charge is 0.350 e. The minimum atomic E-state index is 0.955. The van der Waals surface area contributed by atoms with Gasteiger partial charge in [0.1, 0.15) is 0 Å². The molecule has 18 heavy (non-hydrogen) atoms. The summed E-state index contributed by atoms with van der Waals surface area (Å²) < 4.78 is 2.27.